The maximum atomic E-state index is 12.8. The van der Waals surface area contributed by atoms with Crippen LogP contribution in [-0.2, 0) is 14.8 Å². The Kier molecular flexibility index (Phi) is 5.74. The smallest absolute Gasteiger partial charge is 0.277 e. The third kappa shape index (κ3) is 4.13. The third-order valence-electron chi connectivity index (χ3n) is 5.20. The molecule has 0 aliphatic carbocycles. The first-order valence-corrected chi connectivity index (χ1v) is 10.5. The molecule has 142 valence electrons. The number of Topliss-reactive ketones (excluding diaryl/α,β-unsaturated/α-hetero) is 1. The van der Waals surface area contributed by atoms with Crippen LogP contribution in [0, 0.1) is 0 Å². The maximum absolute atomic E-state index is 12.8. The molecule has 7 nitrogen and oxygen atoms in total. The van der Waals surface area contributed by atoms with E-state index < -0.39 is 10.0 Å². The largest absolute Gasteiger partial charge is 0.335 e. The first-order valence-electron chi connectivity index (χ1n) is 9.10. The standard InChI is InChI=1S/C18H25N3O4S/c1-15(22)16-4-6-17(7-5-16)26(24,25)21-12-10-20(11-13-21)18(23)14-19-8-2-3-9-19/h4-7H,2-3,8-14H2,1H3/p+1. The first kappa shape index (κ1) is 19.0. The van der Waals surface area contributed by atoms with Gasteiger partial charge in [-0.25, -0.2) is 8.42 Å². The van der Waals surface area contributed by atoms with Gasteiger partial charge in [-0.1, -0.05) is 12.1 Å². The molecule has 0 unspecified atom stereocenters. The number of ketones is 1. The van der Waals surface area contributed by atoms with E-state index in [0.29, 0.717) is 38.3 Å². The Balaban J connectivity index is 1.59. The van der Waals surface area contributed by atoms with Gasteiger partial charge in [0, 0.05) is 44.6 Å². The van der Waals surface area contributed by atoms with Gasteiger partial charge in [-0.15, -0.1) is 0 Å². The zero-order valence-electron chi connectivity index (χ0n) is 15.1. The van der Waals surface area contributed by atoms with Crippen molar-refractivity contribution in [2.24, 2.45) is 0 Å². The molecule has 2 saturated heterocycles. The number of quaternary nitrogens is 1. The molecule has 0 bridgehead atoms. The number of sulfonamides is 1. The number of hydrogen-bond donors (Lipinski definition) is 1. The van der Waals surface area contributed by atoms with Crippen LogP contribution in [0.4, 0.5) is 0 Å². The second-order valence-electron chi connectivity index (χ2n) is 7.00. The van der Waals surface area contributed by atoms with Gasteiger partial charge in [0.15, 0.2) is 12.3 Å². The first-order chi connectivity index (χ1) is 12.4. The Labute approximate surface area is 154 Å². The quantitative estimate of drug-likeness (QED) is 0.692. The molecular weight excluding hydrogens is 354 g/mol. The van der Waals surface area contributed by atoms with Crippen molar-refractivity contribution in [1.29, 1.82) is 0 Å². The van der Waals surface area contributed by atoms with E-state index in [2.05, 4.69) is 0 Å². The van der Waals surface area contributed by atoms with Gasteiger partial charge in [0.2, 0.25) is 10.0 Å². The van der Waals surface area contributed by atoms with Crippen molar-refractivity contribution in [3.63, 3.8) is 0 Å². The summed E-state index contributed by atoms with van der Waals surface area (Å²) in [6.07, 6.45) is 2.36. The summed E-state index contributed by atoms with van der Waals surface area (Å²) in [6.45, 7) is 5.53. The molecule has 1 aromatic carbocycles. The maximum Gasteiger partial charge on any atom is 0.277 e. The summed E-state index contributed by atoms with van der Waals surface area (Å²) in [5.74, 6) is 0.0194. The Bertz CT molecular complexity index is 762. The van der Waals surface area contributed by atoms with Crippen molar-refractivity contribution in [2.75, 3.05) is 45.8 Å². The number of carbonyl (C=O) groups is 2. The highest BCUT2D eigenvalue weighted by molar-refractivity contribution is 7.89. The molecule has 2 heterocycles. The lowest BCUT2D eigenvalue weighted by atomic mass is 10.2. The van der Waals surface area contributed by atoms with Crippen molar-refractivity contribution in [3.8, 4) is 0 Å². The number of benzene rings is 1. The Morgan fingerprint density at radius 2 is 1.58 bits per heavy atom. The molecule has 2 aliphatic heterocycles. The molecule has 0 saturated carbocycles. The van der Waals surface area contributed by atoms with Crippen LogP contribution in [0.3, 0.4) is 0 Å². The topological polar surface area (TPSA) is 79.2 Å². The van der Waals surface area contributed by atoms with Crippen LogP contribution in [0.5, 0.6) is 0 Å². The highest BCUT2D eigenvalue weighted by Gasteiger charge is 2.31. The Hall–Kier alpha value is -1.77. The monoisotopic (exact) mass is 380 g/mol. The fourth-order valence-electron chi connectivity index (χ4n) is 3.57. The minimum Gasteiger partial charge on any atom is -0.335 e. The van der Waals surface area contributed by atoms with Crippen LogP contribution in [0.2, 0.25) is 0 Å². The molecule has 3 rings (SSSR count). The summed E-state index contributed by atoms with van der Waals surface area (Å²) < 4.78 is 26.9. The minimum absolute atomic E-state index is 0.0961. The van der Waals surface area contributed by atoms with Crippen molar-refractivity contribution >= 4 is 21.7 Å². The summed E-state index contributed by atoms with van der Waals surface area (Å²) in [5, 5.41) is 0. The number of rotatable bonds is 5. The molecule has 26 heavy (non-hydrogen) atoms. The van der Waals surface area contributed by atoms with E-state index in [4.69, 9.17) is 0 Å². The number of nitrogens with zero attached hydrogens (tertiary/aromatic N) is 2. The van der Waals surface area contributed by atoms with Gasteiger partial charge in [0.1, 0.15) is 0 Å². The SMILES string of the molecule is CC(=O)c1ccc(S(=O)(=O)N2CCN(C(=O)C[NH+]3CCCC3)CC2)cc1. The van der Waals surface area contributed by atoms with E-state index in [0.717, 1.165) is 13.1 Å². The van der Waals surface area contributed by atoms with Crippen molar-refractivity contribution < 1.29 is 22.9 Å². The second-order valence-corrected chi connectivity index (χ2v) is 8.94. The highest BCUT2D eigenvalue weighted by Crippen LogP contribution is 2.18. The van der Waals surface area contributed by atoms with E-state index >= 15 is 0 Å². The fourth-order valence-corrected chi connectivity index (χ4v) is 4.99. The van der Waals surface area contributed by atoms with Crippen molar-refractivity contribution in [2.45, 2.75) is 24.7 Å². The number of carbonyl (C=O) groups excluding carboxylic acids is 2. The third-order valence-corrected chi connectivity index (χ3v) is 7.11. The summed E-state index contributed by atoms with van der Waals surface area (Å²) in [6, 6.07) is 6.02. The van der Waals surface area contributed by atoms with E-state index in [-0.39, 0.29) is 16.6 Å². The lowest BCUT2D eigenvalue weighted by Crippen LogP contribution is -3.11. The number of nitrogens with one attached hydrogen (secondary N) is 1. The summed E-state index contributed by atoms with van der Waals surface area (Å²) >= 11 is 0. The molecule has 0 aromatic heterocycles. The van der Waals surface area contributed by atoms with Gasteiger partial charge in [-0.3, -0.25) is 9.59 Å². The highest BCUT2D eigenvalue weighted by atomic mass is 32.2. The van der Waals surface area contributed by atoms with Crippen LogP contribution in [0.15, 0.2) is 29.2 Å². The van der Waals surface area contributed by atoms with Crippen LogP contribution in [0.25, 0.3) is 0 Å². The number of hydrogen-bond acceptors (Lipinski definition) is 4. The molecule has 2 aliphatic rings. The van der Waals surface area contributed by atoms with E-state index in [1.54, 1.807) is 4.90 Å². The number of likely N-dealkylation sites (tertiary alicyclic amines) is 1. The lowest BCUT2D eigenvalue weighted by molar-refractivity contribution is -0.879. The minimum atomic E-state index is -3.60. The molecule has 1 N–H and O–H groups in total. The summed E-state index contributed by atoms with van der Waals surface area (Å²) in [4.78, 5) is 27.0. The zero-order valence-corrected chi connectivity index (χ0v) is 15.9. The van der Waals surface area contributed by atoms with Crippen molar-refractivity contribution in [1.82, 2.24) is 9.21 Å². The van der Waals surface area contributed by atoms with Gasteiger partial charge in [-0.2, -0.15) is 4.31 Å². The number of amides is 1. The zero-order chi connectivity index (χ0) is 18.7. The molecule has 0 radical (unpaired) electrons. The summed E-state index contributed by atoms with van der Waals surface area (Å²) in [7, 11) is -3.60. The van der Waals surface area contributed by atoms with Crippen LogP contribution >= 0.6 is 0 Å². The van der Waals surface area contributed by atoms with Gasteiger partial charge in [0.25, 0.3) is 5.91 Å². The molecule has 0 atom stereocenters. The van der Waals surface area contributed by atoms with Gasteiger partial charge >= 0.3 is 0 Å². The molecule has 8 heteroatoms. The van der Waals surface area contributed by atoms with E-state index in [1.165, 1.54) is 53.2 Å². The van der Waals surface area contributed by atoms with E-state index in [9.17, 15) is 18.0 Å². The molecule has 1 aromatic rings. The predicted octanol–water partition coefficient (Wildman–Crippen LogP) is -0.599. The normalized spacial score (nSPS) is 19.7. The number of piperazine rings is 1. The molecule has 2 fully saturated rings. The predicted molar refractivity (Wildman–Crippen MR) is 96.6 cm³/mol. The molecule has 1 amide bonds. The average Bonchev–Trinajstić information content (AvgIpc) is 3.15. The fraction of sp³-hybridized carbons (Fsp3) is 0.556. The van der Waals surface area contributed by atoms with Crippen LogP contribution in [0.1, 0.15) is 30.1 Å². The lowest BCUT2D eigenvalue weighted by Gasteiger charge is -2.34. The van der Waals surface area contributed by atoms with Crippen molar-refractivity contribution in [3.05, 3.63) is 29.8 Å². The van der Waals surface area contributed by atoms with Crippen LogP contribution < -0.4 is 4.90 Å². The summed E-state index contributed by atoms with van der Waals surface area (Å²) in [5.41, 5.74) is 0.490. The second kappa shape index (κ2) is 7.85. The average molecular weight is 380 g/mol. The molecular formula is C18H26N3O4S+. The van der Waals surface area contributed by atoms with Gasteiger partial charge in [-0.05, 0) is 19.1 Å². The van der Waals surface area contributed by atoms with Crippen LogP contribution in [-0.4, -0.2) is 75.1 Å². The van der Waals surface area contributed by atoms with E-state index in [1.807, 2.05) is 0 Å². The van der Waals surface area contributed by atoms with Gasteiger partial charge in [0.05, 0.1) is 18.0 Å². The van der Waals surface area contributed by atoms with Gasteiger partial charge < -0.3 is 9.80 Å². The Morgan fingerprint density at radius 3 is 2.12 bits per heavy atom. The Morgan fingerprint density at radius 1 is 1.00 bits per heavy atom. The molecule has 0 spiro atoms.